The van der Waals surface area contributed by atoms with Gasteiger partial charge in [0, 0.05) is 16.8 Å². The van der Waals surface area contributed by atoms with Gasteiger partial charge in [0.05, 0.1) is 29.1 Å². The van der Waals surface area contributed by atoms with Crippen LogP contribution >= 0.6 is 11.6 Å². The maximum atomic E-state index is 13.1. The Morgan fingerprint density at radius 3 is 2.26 bits per heavy atom. The van der Waals surface area contributed by atoms with Gasteiger partial charge in [-0.05, 0) is 48.5 Å². The molecule has 0 fully saturated rings. The summed E-state index contributed by atoms with van der Waals surface area (Å²) in [5.74, 6) is -1.05. The number of nitrogens with zero attached hydrogens (tertiary/aromatic N) is 1. The van der Waals surface area contributed by atoms with Gasteiger partial charge in [0.25, 0.3) is 5.91 Å². The highest BCUT2D eigenvalue weighted by Crippen LogP contribution is 2.27. The average molecular weight is 502 g/mol. The topological polar surface area (TPSA) is 93.8 Å². The summed E-state index contributed by atoms with van der Waals surface area (Å²) in [5, 5.41) is 2.90. The van der Waals surface area contributed by atoms with Crippen molar-refractivity contribution >= 4 is 40.6 Å². The van der Waals surface area contributed by atoms with Gasteiger partial charge in [-0.1, -0.05) is 41.9 Å². The molecule has 0 spiro atoms. The monoisotopic (exact) mass is 501 g/mol. The maximum absolute atomic E-state index is 13.1. The summed E-state index contributed by atoms with van der Waals surface area (Å²) in [5.41, 5.74) is 5.16. The van der Waals surface area contributed by atoms with Crippen molar-refractivity contribution in [1.82, 2.24) is 0 Å². The van der Waals surface area contributed by atoms with Crippen molar-refractivity contribution in [3.8, 4) is 0 Å². The molecule has 3 aromatic rings. The number of methoxy groups -OCH3 is 1. The van der Waals surface area contributed by atoms with Crippen molar-refractivity contribution in [3.05, 3.63) is 106 Å². The number of hydrogen-bond acceptors (Lipinski definition) is 5. The molecule has 3 rings (SSSR count). The number of anilines is 1. The predicted molar refractivity (Wildman–Crippen MR) is 128 cm³/mol. The lowest BCUT2D eigenvalue weighted by Crippen LogP contribution is -2.21. The van der Waals surface area contributed by atoms with Crippen molar-refractivity contribution < 1.29 is 27.5 Å². The summed E-state index contributed by atoms with van der Waals surface area (Å²) in [6.45, 7) is 0. The Labute approximate surface area is 203 Å². The van der Waals surface area contributed by atoms with Gasteiger partial charge in [0.2, 0.25) is 0 Å². The number of carbonyl (C=O) groups excluding carboxylic acids is 2. The smallest absolute Gasteiger partial charge is 0.430 e. The third-order valence-corrected chi connectivity index (χ3v) is 5.02. The summed E-state index contributed by atoms with van der Waals surface area (Å²) < 4.78 is 43.9. The van der Waals surface area contributed by atoms with Crippen LogP contribution in [0.1, 0.15) is 26.3 Å². The second-order valence-corrected chi connectivity index (χ2v) is 7.56. The van der Waals surface area contributed by atoms with Crippen LogP contribution in [0.15, 0.2) is 89.6 Å². The first-order valence-electron chi connectivity index (χ1n) is 10.1. The summed E-state index contributed by atoms with van der Waals surface area (Å²) in [4.78, 5) is 28.6. The lowest BCUT2D eigenvalue weighted by Gasteiger charge is -2.10. The first-order valence-corrected chi connectivity index (χ1v) is 10.4. The number of hydrogen-bond donors (Lipinski definition) is 2. The van der Waals surface area contributed by atoms with Crippen molar-refractivity contribution in [3.63, 3.8) is 0 Å². The number of para-hydroxylation sites is 1. The number of alkyl halides is 3. The molecule has 0 atom stereocenters. The largest absolute Gasteiger partial charge is 0.465 e. The zero-order valence-electron chi connectivity index (χ0n) is 18.3. The standard InChI is InChI=1S/C25H19ClF3N3O3/c1-35-24(34)17-5-4-6-18(13-17)31-23(33)16-11-9-15(10-12-16)21(14-22(30)25(27,28)29)32-20-8-3-2-7-19(20)26/h2-14H,30H2,1H3,(H,31,33). The van der Waals surface area contributed by atoms with E-state index in [9.17, 15) is 22.8 Å². The lowest BCUT2D eigenvalue weighted by molar-refractivity contribution is -0.0925. The molecule has 0 aliphatic heterocycles. The van der Waals surface area contributed by atoms with Crippen LogP contribution in [0.3, 0.4) is 0 Å². The molecule has 10 heteroatoms. The van der Waals surface area contributed by atoms with Crippen LogP contribution in [0.2, 0.25) is 5.02 Å². The Morgan fingerprint density at radius 1 is 0.971 bits per heavy atom. The van der Waals surface area contributed by atoms with E-state index in [0.717, 1.165) is 0 Å². The van der Waals surface area contributed by atoms with Crippen LogP contribution in [0.25, 0.3) is 0 Å². The van der Waals surface area contributed by atoms with E-state index in [1.165, 1.54) is 43.5 Å². The Balaban J connectivity index is 1.90. The van der Waals surface area contributed by atoms with Gasteiger partial charge < -0.3 is 15.8 Å². The van der Waals surface area contributed by atoms with Gasteiger partial charge in [-0.2, -0.15) is 13.2 Å². The zero-order valence-corrected chi connectivity index (χ0v) is 19.0. The molecule has 1 amide bonds. The molecule has 0 bridgehead atoms. The Kier molecular flexibility index (Phi) is 7.93. The maximum Gasteiger partial charge on any atom is 0.430 e. The summed E-state index contributed by atoms with van der Waals surface area (Å²) in [6.07, 6.45) is -4.05. The number of ether oxygens (including phenoxy) is 1. The van der Waals surface area contributed by atoms with Crippen molar-refractivity contribution in [2.24, 2.45) is 10.7 Å². The third-order valence-electron chi connectivity index (χ3n) is 4.70. The molecule has 180 valence electrons. The Morgan fingerprint density at radius 2 is 1.63 bits per heavy atom. The normalized spacial score (nSPS) is 12.3. The SMILES string of the molecule is COC(=O)c1cccc(NC(=O)c2ccc(C(C=C(N)C(F)(F)F)=Nc3ccccc3Cl)cc2)c1. The second-order valence-electron chi connectivity index (χ2n) is 7.15. The highest BCUT2D eigenvalue weighted by Gasteiger charge is 2.31. The number of allylic oxidation sites excluding steroid dienone is 2. The Hall–Kier alpha value is -4.11. The molecule has 6 nitrogen and oxygen atoms in total. The van der Waals surface area contributed by atoms with E-state index < -0.39 is 23.7 Å². The molecular formula is C25H19ClF3N3O3. The molecule has 0 unspecified atom stereocenters. The minimum atomic E-state index is -4.75. The van der Waals surface area contributed by atoms with E-state index in [1.807, 2.05) is 0 Å². The van der Waals surface area contributed by atoms with E-state index in [1.54, 1.807) is 36.4 Å². The van der Waals surface area contributed by atoms with Crippen molar-refractivity contribution in [2.45, 2.75) is 6.18 Å². The molecular weight excluding hydrogens is 483 g/mol. The number of carbonyl (C=O) groups is 2. The number of rotatable bonds is 6. The molecule has 0 aliphatic carbocycles. The molecule has 35 heavy (non-hydrogen) atoms. The second kappa shape index (κ2) is 10.9. The fourth-order valence-electron chi connectivity index (χ4n) is 2.92. The molecule has 0 saturated heterocycles. The van der Waals surface area contributed by atoms with Crippen LogP contribution in [0.5, 0.6) is 0 Å². The average Bonchev–Trinajstić information content (AvgIpc) is 2.84. The highest BCUT2D eigenvalue weighted by atomic mass is 35.5. The van der Waals surface area contributed by atoms with Gasteiger partial charge in [-0.15, -0.1) is 0 Å². The van der Waals surface area contributed by atoms with Crippen LogP contribution in [0, 0.1) is 0 Å². The molecule has 3 N–H and O–H groups in total. The number of nitrogens with two attached hydrogens (primary N) is 1. The van der Waals surface area contributed by atoms with Crippen LogP contribution in [-0.2, 0) is 4.74 Å². The molecule has 0 aromatic heterocycles. The Bertz CT molecular complexity index is 1300. The van der Waals surface area contributed by atoms with Gasteiger partial charge in [-0.25, -0.2) is 9.79 Å². The first-order chi connectivity index (χ1) is 16.6. The minimum Gasteiger partial charge on any atom is -0.465 e. The van der Waals surface area contributed by atoms with Gasteiger partial charge in [0.1, 0.15) is 5.70 Å². The van der Waals surface area contributed by atoms with Gasteiger partial charge in [0.15, 0.2) is 0 Å². The third kappa shape index (κ3) is 6.70. The fraction of sp³-hybridized carbons (Fsp3) is 0.0800. The summed E-state index contributed by atoms with van der Waals surface area (Å²) in [7, 11) is 1.25. The van der Waals surface area contributed by atoms with Crippen LogP contribution in [-0.4, -0.2) is 30.9 Å². The molecule has 0 radical (unpaired) electrons. The fourth-order valence-corrected chi connectivity index (χ4v) is 3.10. The lowest BCUT2D eigenvalue weighted by atomic mass is 10.1. The van der Waals surface area contributed by atoms with E-state index >= 15 is 0 Å². The van der Waals surface area contributed by atoms with Crippen LogP contribution < -0.4 is 11.1 Å². The summed E-state index contributed by atoms with van der Waals surface area (Å²) >= 11 is 6.10. The quantitative estimate of drug-likeness (QED) is 0.324. The van der Waals surface area contributed by atoms with E-state index in [-0.39, 0.29) is 33.1 Å². The van der Waals surface area contributed by atoms with E-state index in [4.69, 9.17) is 17.3 Å². The number of nitrogens with one attached hydrogen (secondary N) is 1. The highest BCUT2D eigenvalue weighted by molar-refractivity contribution is 6.33. The van der Waals surface area contributed by atoms with E-state index in [2.05, 4.69) is 15.0 Å². The van der Waals surface area contributed by atoms with Gasteiger partial charge in [-0.3, -0.25) is 4.79 Å². The molecule has 0 saturated carbocycles. The summed E-state index contributed by atoms with van der Waals surface area (Å²) in [6, 6.07) is 18.3. The number of benzene rings is 3. The number of aliphatic imine (C=N–C) groups is 1. The van der Waals surface area contributed by atoms with Crippen LogP contribution in [0.4, 0.5) is 24.5 Å². The number of esters is 1. The first kappa shape index (κ1) is 25.5. The molecule has 0 heterocycles. The molecule has 3 aromatic carbocycles. The van der Waals surface area contributed by atoms with Crippen molar-refractivity contribution in [2.75, 3.05) is 12.4 Å². The van der Waals surface area contributed by atoms with Gasteiger partial charge >= 0.3 is 12.1 Å². The zero-order chi connectivity index (χ0) is 25.6. The molecule has 0 aliphatic rings. The number of halogens is 4. The van der Waals surface area contributed by atoms with Crippen molar-refractivity contribution in [1.29, 1.82) is 0 Å². The number of amides is 1. The minimum absolute atomic E-state index is 0.0920. The van der Waals surface area contributed by atoms with E-state index in [0.29, 0.717) is 11.8 Å². The predicted octanol–water partition coefficient (Wildman–Crippen LogP) is 5.90.